The standard InChI is InChI=1S/C12H18N2O2/c1-6-2-9-10(3-6)12(16)14(11(9)15)8-4-7(13)5-8/h6-10H,2-5,13H2,1H3. The summed E-state index contributed by atoms with van der Waals surface area (Å²) < 4.78 is 0. The van der Waals surface area contributed by atoms with Crippen molar-refractivity contribution in [1.29, 1.82) is 0 Å². The predicted octanol–water partition coefficient (Wildman–Crippen LogP) is 0.507. The molecule has 0 aromatic carbocycles. The van der Waals surface area contributed by atoms with E-state index in [0.29, 0.717) is 5.92 Å². The van der Waals surface area contributed by atoms with Crippen LogP contribution in [0.2, 0.25) is 0 Å². The minimum Gasteiger partial charge on any atom is -0.328 e. The molecule has 2 saturated carbocycles. The zero-order valence-electron chi connectivity index (χ0n) is 9.56. The molecule has 2 amide bonds. The predicted molar refractivity (Wildman–Crippen MR) is 58.2 cm³/mol. The molecule has 0 spiro atoms. The summed E-state index contributed by atoms with van der Waals surface area (Å²) in [5.41, 5.74) is 5.72. The second-order valence-corrected chi connectivity index (χ2v) is 5.72. The number of hydrogen-bond donors (Lipinski definition) is 1. The summed E-state index contributed by atoms with van der Waals surface area (Å²) in [6.07, 6.45) is 3.38. The number of rotatable bonds is 1. The van der Waals surface area contributed by atoms with E-state index in [1.807, 2.05) is 0 Å². The van der Waals surface area contributed by atoms with E-state index in [1.165, 1.54) is 4.90 Å². The van der Waals surface area contributed by atoms with Gasteiger partial charge >= 0.3 is 0 Å². The minimum absolute atomic E-state index is 0.0145. The Balaban J connectivity index is 1.78. The number of amides is 2. The molecule has 0 radical (unpaired) electrons. The lowest BCUT2D eigenvalue weighted by atomic mass is 9.86. The number of carbonyl (C=O) groups excluding carboxylic acids is 2. The number of imide groups is 1. The Labute approximate surface area is 95.2 Å². The lowest BCUT2D eigenvalue weighted by Crippen LogP contribution is -2.53. The lowest BCUT2D eigenvalue weighted by molar-refractivity contribution is -0.145. The molecule has 3 rings (SSSR count). The van der Waals surface area contributed by atoms with Gasteiger partial charge in [-0.1, -0.05) is 6.92 Å². The minimum atomic E-state index is -0.0145. The average Bonchev–Trinajstić information content (AvgIpc) is 2.65. The van der Waals surface area contributed by atoms with E-state index in [9.17, 15) is 9.59 Å². The van der Waals surface area contributed by atoms with Crippen molar-refractivity contribution < 1.29 is 9.59 Å². The third kappa shape index (κ3) is 1.25. The maximum atomic E-state index is 12.1. The number of hydrogen-bond acceptors (Lipinski definition) is 3. The van der Waals surface area contributed by atoms with Crippen LogP contribution in [-0.4, -0.2) is 28.8 Å². The van der Waals surface area contributed by atoms with Gasteiger partial charge < -0.3 is 5.73 Å². The molecule has 2 atom stereocenters. The van der Waals surface area contributed by atoms with Crippen LogP contribution < -0.4 is 5.73 Å². The first kappa shape index (κ1) is 10.3. The molecule has 3 fully saturated rings. The Morgan fingerprint density at radius 3 is 2.00 bits per heavy atom. The highest BCUT2D eigenvalue weighted by molar-refractivity contribution is 6.05. The molecular weight excluding hydrogens is 204 g/mol. The molecular formula is C12H18N2O2. The van der Waals surface area contributed by atoms with Gasteiger partial charge in [-0.3, -0.25) is 14.5 Å². The number of nitrogens with zero attached hydrogens (tertiary/aromatic N) is 1. The van der Waals surface area contributed by atoms with Crippen molar-refractivity contribution in [2.45, 2.75) is 44.7 Å². The van der Waals surface area contributed by atoms with E-state index < -0.39 is 0 Å². The second-order valence-electron chi connectivity index (χ2n) is 5.72. The van der Waals surface area contributed by atoms with Crippen molar-refractivity contribution >= 4 is 11.8 Å². The van der Waals surface area contributed by atoms with E-state index in [0.717, 1.165) is 25.7 Å². The Morgan fingerprint density at radius 2 is 1.56 bits per heavy atom. The van der Waals surface area contributed by atoms with Crippen LogP contribution in [0, 0.1) is 17.8 Å². The first-order valence-corrected chi connectivity index (χ1v) is 6.20. The molecule has 1 aliphatic heterocycles. The molecule has 0 aromatic heterocycles. The van der Waals surface area contributed by atoms with Crippen molar-refractivity contribution in [3.8, 4) is 0 Å². The highest BCUT2D eigenvalue weighted by Crippen LogP contribution is 2.45. The van der Waals surface area contributed by atoms with Crippen LogP contribution in [0.1, 0.15) is 32.6 Å². The van der Waals surface area contributed by atoms with E-state index in [1.54, 1.807) is 0 Å². The van der Waals surface area contributed by atoms with Crippen LogP contribution >= 0.6 is 0 Å². The van der Waals surface area contributed by atoms with Gasteiger partial charge in [-0.15, -0.1) is 0 Å². The molecule has 2 unspecified atom stereocenters. The van der Waals surface area contributed by atoms with E-state index in [-0.39, 0.29) is 35.7 Å². The molecule has 0 aromatic rings. The SMILES string of the molecule is CC1CC2C(=O)N(C3CC(N)C3)C(=O)C2C1. The fraction of sp³-hybridized carbons (Fsp3) is 0.833. The van der Waals surface area contributed by atoms with Gasteiger partial charge in [0, 0.05) is 12.1 Å². The van der Waals surface area contributed by atoms with Crippen molar-refractivity contribution in [2.24, 2.45) is 23.5 Å². The van der Waals surface area contributed by atoms with Gasteiger partial charge in [0.05, 0.1) is 11.8 Å². The van der Waals surface area contributed by atoms with Gasteiger partial charge in [0.2, 0.25) is 11.8 Å². The third-order valence-corrected chi connectivity index (χ3v) is 4.42. The van der Waals surface area contributed by atoms with E-state index in [4.69, 9.17) is 5.73 Å². The zero-order chi connectivity index (χ0) is 11.4. The van der Waals surface area contributed by atoms with Crippen LogP contribution in [0.25, 0.3) is 0 Å². The third-order valence-electron chi connectivity index (χ3n) is 4.42. The summed E-state index contributed by atoms with van der Waals surface area (Å²) in [5, 5.41) is 0. The van der Waals surface area contributed by atoms with E-state index in [2.05, 4.69) is 6.92 Å². The smallest absolute Gasteiger partial charge is 0.233 e. The number of nitrogens with two attached hydrogens (primary N) is 1. The van der Waals surface area contributed by atoms with Gasteiger partial charge in [0.15, 0.2) is 0 Å². The van der Waals surface area contributed by atoms with Crippen molar-refractivity contribution in [2.75, 3.05) is 0 Å². The van der Waals surface area contributed by atoms with Crippen molar-refractivity contribution in [3.05, 3.63) is 0 Å². The first-order chi connectivity index (χ1) is 7.58. The molecule has 88 valence electrons. The van der Waals surface area contributed by atoms with E-state index >= 15 is 0 Å². The van der Waals surface area contributed by atoms with Gasteiger partial charge in [0.25, 0.3) is 0 Å². The van der Waals surface area contributed by atoms with Crippen molar-refractivity contribution in [1.82, 2.24) is 4.90 Å². The highest BCUT2D eigenvalue weighted by Gasteiger charge is 2.54. The molecule has 1 saturated heterocycles. The molecule has 3 aliphatic rings. The molecule has 0 bridgehead atoms. The zero-order valence-corrected chi connectivity index (χ0v) is 9.56. The van der Waals surface area contributed by atoms with Gasteiger partial charge in [0.1, 0.15) is 0 Å². The number of likely N-dealkylation sites (tertiary alicyclic amines) is 1. The van der Waals surface area contributed by atoms with Gasteiger partial charge in [-0.25, -0.2) is 0 Å². The van der Waals surface area contributed by atoms with Crippen LogP contribution in [0.15, 0.2) is 0 Å². The summed E-state index contributed by atoms with van der Waals surface area (Å²) in [6.45, 7) is 2.13. The highest BCUT2D eigenvalue weighted by atomic mass is 16.2. The topological polar surface area (TPSA) is 63.4 Å². The van der Waals surface area contributed by atoms with Crippen LogP contribution in [-0.2, 0) is 9.59 Å². The summed E-state index contributed by atoms with van der Waals surface area (Å²) in [7, 11) is 0. The van der Waals surface area contributed by atoms with Gasteiger partial charge in [-0.2, -0.15) is 0 Å². The summed E-state index contributed by atoms with van der Waals surface area (Å²) in [5.74, 6) is 0.653. The first-order valence-electron chi connectivity index (χ1n) is 6.20. The summed E-state index contributed by atoms with van der Waals surface area (Å²) in [6, 6.07) is 0.292. The van der Waals surface area contributed by atoms with Crippen LogP contribution in [0.3, 0.4) is 0 Å². The maximum Gasteiger partial charge on any atom is 0.233 e. The lowest BCUT2D eigenvalue weighted by Gasteiger charge is -2.38. The average molecular weight is 222 g/mol. The Kier molecular flexibility index (Phi) is 2.11. The van der Waals surface area contributed by atoms with Crippen LogP contribution in [0.5, 0.6) is 0 Å². The Hall–Kier alpha value is -0.900. The number of fused-ring (bicyclic) bond motifs is 1. The second kappa shape index (κ2) is 3.29. The van der Waals surface area contributed by atoms with Crippen molar-refractivity contribution in [3.63, 3.8) is 0 Å². The van der Waals surface area contributed by atoms with Crippen LogP contribution in [0.4, 0.5) is 0 Å². The molecule has 1 heterocycles. The summed E-state index contributed by atoms with van der Waals surface area (Å²) >= 11 is 0. The monoisotopic (exact) mass is 222 g/mol. The maximum absolute atomic E-state index is 12.1. The Morgan fingerprint density at radius 1 is 1.06 bits per heavy atom. The van der Waals surface area contributed by atoms with Gasteiger partial charge in [-0.05, 0) is 31.6 Å². The molecule has 4 nitrogen and oxygen atoms in total. The number of carbonyl (C=O) groups is 2. The quantitative estimate of drug-likeness (QED) is 0.657. The fourth-order valence-corrected chi connectivity index (χ4v) is 3.50. The summed E-state index contributed by atoms with van der Waals surface area (Å²) in [4.78, 5) is 25.8. The Bertz CT molecular complexity index is 325. The molecule has 4 heteroatoms. The molecule has 16 heavy (non-hydrogen) atoms. The normalized spacial score (nSPS) is 47.1. The fourth-order valence-electron chi connectivity index (χ4n) is 3.50. The largest absolute Gasteiger partial charge is 0.328 e. The molecule has 2 aliphatic carbocycles. The molecule has 2 N–H and O–H groups in total.